The minimum atomic E-state index is -0.0177. The van der Waals surface area contributed by atoms with E-state index in [0.717, 1.165) is 25.1 Å². The topological polar surface area (TPSA) is 67.4 Å². The van der Waals surface area contributed by atoms with Crippen LogP contribution in [0.4, 0.5) is 4.79 Å². The van der Waals surface area contributed by atoms with Crippen molar-refractivity contribution in [3.05, 3.63) is 17.6 Å². The molecule has 0 aromatic carbocycles. The number of carbonyl (C=O) groups excluding carboxylic acids is 1. The fraction of sp³-hybridized carbons (Fsp3) is 0.643. The second-order valence-electron chi connectivity index (χ2n) is 5.06. The maximum absolute atomic E-state index is 11.8. The number of urea groups is 1. The summed E-state index contributed by atoms with van der Waals surface area (Å²) in [7, 11) is 0. The standard InChI is InChI=1S/C14H22N4O2/c1-4-15-14(19)18-7-5-6-12(9-18)20-13-8-10(2)16-11(3)17-13/h8,12H,4-7,9H2,1-3H3,(H,15,19). The van der Waals surface area contributed by atoms with Crippen molar-refractivity contribution >= 4 is 6.03 Å². The minimum Gasteiger partial charge on any atom is -0.472 e. The molecule has 0 saturated carbocycles. The molecule has 2 rings (SSSR count). The van der Waals surface area contributed by atoms with Gasteiger partial charge in [0.15, 0.2) is 0 Å². The van der Waals surface area contributed by atoms with E-state index < -0.39 is 0 Å². The number of nitrogens with zero attached hydrogens (tertiary/aromatic N) is 3. The number of aromatic nitrogens is 2. The molecule has 1 saturated heterocycles. The first-order valence-corrected chi connectivity index (χ1v) is 7.10. The first-order chi connectivity index (χ1) is 9.58. The van der Waals surface area contributed by atoms with E-state index in [0.29, 0.717) is 24.8 Å². The van der Waals surface area contributed by atoms with Crippen molar-refractivity contribution in [1.82, 2.24) is 20.2 Å². The molecule has 20 heavy (non-hydrogen) atoms. The highest BCUT2D eigenvalue weighted by atomic mass is 16.5. The first-order valence-electron chi connectivity index (χ1n) is 7.10. The van der Waals surface area contributed by atoms with Crippen molar-refractivity contribution < 1.29 is 9.53 Å². The van der Waals surface area contributed by atoms with Crippen molar-refractivity contribution in [3.63, 3.8) is 0 Å². The van der Waals surface area contributed by atoms with Gasteiger partial charge in [-0.3, -0.25) is 0 Å². The first kappa shape index (κ1) is 14.6. The van der Waals surface area contributed by atoms with Crippen molar-refractivity contribution in [2.75, 3.05) is 19.6 Å². The molecule has 2 amide bonds. The average Bonchev–Trinajstić information content (AvgIpc) is 2.38. The molecule has 110 valence electrons. The van der Waals surface area contributed by atoms with Crippen molar-refractivity contribution in [1.29, 1.82) is 0 Å². The van der Waals surface area contributed by atoms with Gasteiger partial charge in [0, 0.05) is 24.8 Å². The molecule has 2 heterocycles. The lowest BCUT2D eigenvalue weighted by Gasteiger charge is -2.32. The molecule has 0 spiro atoms. The molecular formula is C14H22N4O2. The van der Waals surface area contributed by atoms with E-state index in [-0.39, 0.29) is 12.1 Å². The number of amides is 2. The number of hydrogen-bond acceptors (Lipinski definition) is 4. The van der Waals surface area contributed by atoms with Gasteiger partial charge in [0.05, 0.1) is 6.54 Å². The van der Waals surface area contributed by atoms with E-state index in [4.69, 9.17) is 4.74 Å². The number of rotatable bonds is 3. The largest absolute Gasteiger partial charge is 0.472 e. The van der Waals surface area contributed by atoms with Gasteiger partial charge in [0.1, 0.15) is 11.9 Å². The average molecular weight is 278 g/mol. The van der Waals surface area contributed by atoms with Gasteiger partial charge in [0.25, 0.3) is 0 Å². The SMILES string of the molecule is CCNC(=O)N1CCCC(Oc2cc(C)nc(C)n2)C1. The van der Waals surface area contributed by atoms with Gasteiger partial charge in [-0.25, -0.2) is 9.78 Å². The monoisotopic (exact) mass is 278 g/mol. The smallest absolute Gasteiger partial charge is 0.317 e. The number of ether oxygens (including phenoxy) is 1. The Labute approximate surface area is 119 Å². The summed E-state index contributed by atoms with van der Waals surface area (Å²) in [6, 6.07) is 1.81. The third-order valence-corrected chi connectivity index (χ3v) is 3.22. The third kappa shape index (κ3) is 3.82. The highest BCUT2D eigenvalue weighted by Crippen LogP contribution is 2.17. The summed E-state index contributed by atoms with van der Waals surface area (Å²) in [5.41, 5.74) is 0.892. The Hall–Kier alpha value is -1.85. The van der Waals surface area contributed by atoms with Gasteiger partial charge in [-0.15, -0.1) is 0 Å². The lowest BCUT2D eigenvalue weighted by Crippen LogP contribution is -2.48. The van der Waals surface area contributed by atoms with Crippen LogP contribution in [0.25, 0.3) is 0 Å². The lowest BCUT2D eigenvalue weighted by molar-refractivity contribution is 0.0977. The van der Waals surface area contributed by atoms with Crippen LogP contribution in [0.1, 0.15) is 31.3 Å². The highest BCUT2D eigenvalue weighted by Gasteiger charge is 2.24. The number of likely N-dealkylation sites (tertiary alicyclic amines) is 1. The fourth-order valence-corrected chi connectivity index (χ4v) is 2.40. The summed E-state index contributed by atoms with van der Waals surface area (Å²) >= 11 is 0. The Morgan fingerprint density at radius 1 is 1.50 bits per heavy atom. The van der Waals surface area contributed by atoms with Crippen LogP contribution in [-0.2, 0) is 0 Å². The predicted octanol–water partition coefficient (Wildman–Crippen LogP) is 1.67. The Bertz CT molecular complexity index is 458. The molecule has 6 nitrogen and oxygen atoms in total. The summed E-state index contributed by atoms with van der Waals surface area (Å²) in [5.74, 6) is 1.30. The van der Waals surface area contributed by atoms with E-state index in [2.05, 4.69) is 15.3 Å². The Kier molecular flexibility index (Phi) is 4.76. The molecule has 0 aliphatic carbocycles. The summed E-state index contributed by atoms with van der Waals surface area (Å²) < 4.78 is 5.90. The summed E-state index contributed by atoms with van der Waals surface area (Å²) in [6.45, 7) is 7.72. The number of piperidine rings is 1. The molecule has 1 aliphatic heterocycles. The van der Waals surface area contributed by atoms with Gasteiger partial charge < -0.3 is 15.0 Å². The molecule has 1 atom stereocenters. The van der Waals surface area contributed by atoms with Crippen LogP contribution < -0.4 is 10.1 Å². The Balaban J connectivity index is 1.97. The zero-order chi connectivity index (χ0) is 14.5. The second kappa shape index (κ2) is 6.54. The van der Waals surface area contributed by atoms with Crippen molar-refractivity contribution in [2.24, 2.45) is 0 Å². The van der Waals surface area contributed by atoms with Gasteiger partial charge in [-0.1, -0.05) is 0 Å². The molecule has 1 fully saturated rings. The van der Waals surface area contributed by atoms with Crippen LogP contribution >= 0.6 is 0 Å². The molecule has 0 bridgehead atoms. The zero-order valence-electron chi connectivity index (χ0n) is 12.3. The Morgan fingerprint density at radius 2 is 2.30 bits per heavy atom. The number of carbonyl (C=O) groups is 1. The number of aryl methyl sites for hydroxylation is 2. The van der Waals surface area contributed by atoms with Crippen LogP contribution in [0.3, 0.4) is 0 Å². The van der Waals surface area contributed by atoms with E-state index in [1.807, 2.05) is 26.8 Å². The van der Waals surface area contributed by atoms with Crippen molar-refractivity contribution in [2.45, 2.75) is 39.7 Å². The molecule has 0 radical (unpaired) electrons. The predicted molar refractivity (Wildman–Crippen MR) is 75.8 cm³/mol. The van der Waals surface area contributed by atoms with Crippen LogP contribution in [0, 0.1) is 13.8 Å². The van der Waals surface area contributed by atoms with Crippen LogP contribution in [0.5, 0.6) is 5.88 Å². The van der Waals surface area contributed by atoms with Crippen LogP contribution in [0.2, 0.25) is 0 Å². The molecule has 1 aromatic heterocycles. The summed E-state index contributed by atoms with van der Waals surface area (Å²) in [6.07, 6.45) is 1.89. The second-order valence-corrected chi connectivity index (χ2v) is 5.06. The molecule has 1 aliphatic rings. The van der Waals surface area contributed by atoms with Crippen molar-refractivity contribution in [3.8, 4) is 5.88 Å². The van der Waals surface area contributed by atoms with E-state index >= 15 is 0 Å². The van der Waals surface area contributed by atoms with E-state index in [1.165, 1.54) is 0 Å². The molecule has 1 N–H and O–H groups in total. The summed E-state index contributed by atoms with van der Waals surface area (Å²) in [4.78, 5) is 22.2. The van der Waals surface area contributed by atoms with Gasteiger partial charge in [-0.2, -0.15) is 4.98 Å². The molecule has 1 aromatic rings. The van der Waals surface area contributed by atoms with Crippen LogP contribution in [-0.4, -0.2) is 46.6 Å². The maximum Gasteiger partial charge on any atom is 0.317 e. The van der Waals surface area contributed by atoms with E-state index in [1.54, 1.807) is 4.90 Å². The minimum absolute atomic E-state index is 0.0000520. The normalized spacial score (nSPS) is 18.8. The molecule has 6 heteroatoms. The molecular weight excluding hydrogens is 256 g/mol. The zero-order valence-corrected chi connectivity index (χ0v) is 12.3. The molecule has 1 unspecified atom stereocenters. The number of nitrogens with one attached hydrogen (secondary N) is 1. The quantitative estimate of drug-likeness (QED) is 0.913. The number of hydrogen-bond donors (Lipinski definition) is 1. The van der Waals surface area contributed by atoms with Crippen LogP contribution in [0.15, 0.2) is 6.07 Å². The highest BCUT2D eigenvalue weighted by molar-refractivity contribution is 5.74. The maximum atomic E-state index is 11.8. The van der Waals surface area contributed by atoms with Gasteiger partial charge in [0.2, 0.25) is 5.88 Å². The third-order valence-electron chi connectivity index (χ3n) is 3.22. The van der Waals surface area contributed by atoms with Gasteiger partial charge in [-0.05, 0) is 33.6 Å². The lowest BCUT2D eigenvalue weighted by atomic mass is 10.1. The van der Waals surface area contributed by atoms with E-state index in [9.17, 15) is 4.79 Å². The van der Waals surface area contributed by atoms with Gasteiger partial charge >= 0.3 is 6.03 Å². The fourth-order valence-electron chi connectivity index (χ4n) is 2.40. The Morgan fingerprint density at radius 3 is 3.00 bits per heavy atom. The summed E-state index contributed by atoms with van der Waals surface area (Å²) in [5, 5.41) is 2.82.